The number of amides is 1. The van der Waals surface area contributed by atoms with Gasteiger partial charge in [0.25, 0.3) is 0 Å². The molecule has 27 heavy (non-hydrogen) atoms. The zero-order chi connectivity index (χ0) is 19.6. The molecule has 0 aliphatic rings. The molecule has 1 N–H and O–H groups in total. The van der Waals surface area contributed by atoms with Gasteiger partial charge in [-0.3, -0.25) is 9.78 Å². The second-order valence-electron chi connectivity index (χ2n) is 6.05. The first-order valence-corrected chi connectivity index (χ1v) is 9.97. The first-order valence-electron chi connectivity index (χ1n) is 8.16. The minimum atomic E-state index is -3.89. The minimum absolute atomic E-state index is 0.0647. The highest BCUT2D eigenvalue weighted by molar-refractivity contribution is 7.89. The summed E-state index contributed by atoms with van der Waals surface area (Å²) < 4.78 is 26.9. The van der Waals surface area contributed by atoms with Crippen LogP contribution in [0.3, 0.4) is 0 Å². The fraction of sp³-hybridized carbons (Fsp3) is 0.158. The molecule has 0 atom stereocenters. The van der Waals surface area contributed by atoms with Gasteiger partial charge < -0.3 is 5.32 Å². The summed E-state index contributed by atoms with van der Waals surface area (Å²) in [6.07, 6.45) is 1.54. The molecule has 1 heterocycles. The third-order valence-electron chi connectivity index (χ3n) is 4.19. The molecule has 3 rings (SSSR count). The van der Waals surface area contributed by atoms with Gasteiger partial charge in [0.2, 0.25) is 15.9 Å². The van der Waals surface area contributed by atoms with Crippen LogP contribution >= 0.6 is 11.6 Å². The third-order valence-corrected chi connectivity index (χ3v) is 6.44. The molecule has 0 unspecified atom stereocenters. The summed E-state index contributed by atoms with van der Waals surface area (Å²) in [5, 5.41) is 3.94. The number of carbonyl (C=O) groups is 1. The lowest BCUT2D eigenvalue weighted by molar-refractivity contribution is -0.116. The zero-order valence-electron chi connectivity index (χ0n) is 14.8. The van der Waals surface area contributed by atoms with Gasteiger partial charge in [-0.25, -0.2) is 8.42 Å². The molecular formula is C19H18ClN3O3S. The van der Waals surface area contributed by atoms with Crippen molar-refractivity contribution in [3.8, 4) is 0 Å². The van der Waals surface area contributed by atoms with Gasteiger partial charge in [0.05, 0.1) is 12.1 Å². The van der Waals surface area contributed by atoms with Crippen LogP contribution in [0.4, 0.5) is 5.69 Å². The predicted octanol–water partition coefficient (Wildman–Crippen LogP) is 3.46. The van der Waals surface area contributed by atoms with Gasteiger partial charge in [0.15, 0.2) is 0 Å². The van der Waals surface area contributed by atoms with Crippen LogP contribution in [0.15, 0.2) is 59.6 Å². The third kappa shape index (κ3) is 3.95. The van der Waals surface area contributed by atoms with Crippen molar-refractivity contribution >= 4 is 44.1 Å². The van der Waals surface area contributed by atoms with E-state index in [-0.39, 0.29) is 11.4 Å². The van der Waals surface area contributed by atoms with Gasteiger partial charge in [-0.1, -0.05) is 35.9 Å². The Bertz CT molecular complexity index is 1110. The number of anilines is 1. The molecule has 0 fully saturated rings. The Labute approximate surface area is 162 Å². The van der Waals surface area contributed by atoms with Crippen LogP contribution in [0, 0.1) is 6.92 Å². The molecule has 0 aliphatic carbocycles. The maximum absolute atomic E-state index is 12.9. The Morgan fingerprint density at radius 3 is 2.63 bits per heavy atom. The summed E-state index contributed by atoms with van der Waals surface area (Å²) in [5.41, 5.74) is 1.64. The summed E-state index contributed by atoms with van der Waals surface area (Å²) in [6, 6.07) is 13.6. The van der Waals surface area contributed by atoms with Gasteiger partial charge in [-0.05, 0) is 36.8 Å². The number of para-hydroxylation sites is 1. The van der Waals surface area contributed by atoms with Crippen molar-refractivity contribution in [1.29, 1.82) is 0 Å². The smallest absolute Gasteiger partial charge is 0.245 e. The van der Waals surface area contributed by atoms with Crippen LogP contribution < -0.4 is 5.32 Å². The number of pyridine rings is 1. The van der Waals surface area contributed by atoms with Crippen molar-refractivity contribution in [3.05, 3.63) is 65.3 Å². The van der Waals surface area contributed by atoms with E-state index in [0.717, 1.165) is 9.87 Å². The van der Waals surface area contributed by atoms with Crippen LogP contribution in [0.5, 0.6) is 0 Å². The minimum Gasteiger partial charge on any atom is -0.325 e. The number of aromatic nitrogens is 1. The summed E-state index contributed by atoms with van der Waals surface area (Å²) in [5.74, 6) is -0.459. The first kappa shape index (κ1) is 19.3. The maximum Gasteiger partial charge on any atom is 0.245 e. The molecular weight excluding hydrogens is 386 g/mol. The standard InChI is InChI=1S/C19H18ClN3O3S/c1-13-15(20)8-4-9-16(13)22-18(24)12-23(2)27(25,26)17-10-3-6-14-7-5-11-21-19(14)17/h3-11H,12H2,1-2H3,(H,22,24). The maximum atomic E-state index is 12.9. The molecule has 0 spiro atoms. The molecule has 1 aromatic heterocycles. The Balaban J connectivity index is 1.83. The van der Waals surface area contributed by atoms with Crippen molar-refractivity contribution in [3.63, 3.8) is 0 Å². The van der Waals surface area contributed by atoms with E-state index in [4.69, 9.17) is 11.6 Å². The van der Waals surface area contributed by atoms with Crippen molar-refractivity contribution < 1.29 is 13.2 Å². The molecule has 140 valence electrons. The molecule has 1 amide bonds. The second kappa shape index (κ2) is 7.64. The summed E-state index contributed by atoms with van der Waals surface area (Å²) in [4.78, 5) is 16.6. The van der Waals surface area contributed by atoms with E-state index in [2.05, 4.69) is 10.3 Å². The van der Waals surface area contributed by atoms with Crippen LogP contribution in [0.1, 0.15) is 5.56 Å². The monoisotopic (exact) mass is 403 g/mol. The molecule has 3 aromatic rings. The lowest BCUT2D eigenvalue weighted by atomic mass is 10.2. The summed E-state index contributed by atoms with van der Waals surface area (Å²) in [7, 11) is -2.52. The van der Waals surface area contributed by atoms with Crippen LogP contribution in [0.25, 0.3) is 10.9 Å². The van der Waals surface area contributed by atoms with Crippen LogP contribution in [-0.4, -0.2) is 37.2 Å². The van der Waals surface area contributed by atoms with E-state index in [9.17, 15) is 13.2 Å². The normalized spacial score (nSPS) is 11.7. The number of fused-ring (bicyclic) bond motifs is 1. The fourth-order valence-electron chi connectivity index (χ4n) is 2.67. The van der Waals surface area contributed by atoms with E-state index in [0.29, 0.717) is 21.6 Å². The van der Waals surface area contributed by atoms with E-state index in [1.807, 2.05) is 0 Å². The molecule has 0 radical (unpaired) electrons. The van der Waals surface area contributed by atoms with Crippen molar-refractivity contribution in [2.24, 2.45) is 0 Å². The second-order valence-corrected chi connectivity index (χ2v) is 8.47. The highest BCUT2D eigenvalue weighted by atomic mass is 35.5. The van der Waals surface area contributed by atoms with Crippen molar-refractivity contribution in [1.82, 2.24) is 9.29 Å². The number of likely N-dealkylation sites (N-methyl/N-ethyl adjacent to an activating group) is 1. The number of nitrogens with one attached hydrogen (secondary N) is 1. The molecule has 0 aliphatic heterocycles. The van der Waals surface area contributed by atoms with Gasteiger partial charge in [0, 0.05) is 29.3 Å². The van der Waals surface area contributed by atoms with Gasteiger partial charge in [0.1, 0.15) is 4.90 Å². The Morgan fingerprint density at radius 1 is 1.15 bits per heavy atom. The first-order chi connectivity index (χ1) is 12.8. The number of rotatable bonds is 5. The van der Waals surface area contributed by atoms with Gasteiger partial charge >= 0.3 is 0 Å². The van der Waals surface area contributed by atoms with Crippen molar-refractivity contribution in [2.75, 3.05) is 18.9 Å². The number of halogens is 1. The Hall–Kier alpha value is -2.48. The number of benzene rings is 2. The molecule has 0 saturated carbocycles. The topological polar surface area (TPSA) is 79.4 Å². The summed E-state index contributed by atoms with van der Waals surface area (Å²) >= 11 is 6.05. The van der Waals surface area contributed by atoms with Gasteiger partial charge in [-0.2, -0.15) is 4.31 Å². The summed E-state index contributed by atoms with van der Waals surface area (Å²) in [6.45, 7) is 1.44. The average molecular weight is 404 g/mol. The van der Waals surface area contributed by atoms with Gasteiger partial charge in [-0.15, -0.1) is 0 Å². The van der Waals surface area contributed by atoms with E-state index >= 15 is 0 Å². The molecule has 0 bridgehead atoms. The Morgan fingerprint density at radius 2 is 1.85 bits per heavy atom. The largest absolute Gasteiger partial charge is 0.325 e. The number of hydrogen-bond acceptors (Lipinski definition) is 4. The zero-order valence-corrected chi connectivity index (χ0v) is 16.4. The highest BCUT2D eigenvalue weighted by Gasteiger charge is 2.25. The number of sulfonamides is 1. The number of carbonyl (C=O) groups excluding carboxylic acids is 1. The Kier molecular flexibility index (Phi) is 5.46. The lowest BCUT2D eigenvalue weighted by Gasteiger charge is -2.18. The SMILES string of the molecule is Cc1c(Cl)cccc1NC(=O)CN(C)S(=O)(=O)c1cccc2cccnc12. The molecule has 8 heteroatoms. The average Bonchev–Trinajstić information content (AvgIpc) is 2.64. The van der Waals surface area contributed by atoms with Crippen LogP contribution in [0.2, 0.25) is 5.02 Å². The van der Waals surface area contributed by atoms with Crippen LogP contribution in [-0.2, 0) is 14.8 Å². The fourth-order valence-corrected chi connectivity index (χ4v) is 4.14. The lowest BCUT2D eigenvalue weighted by Crippen LogP contribution is -2.35. The molecule has 2 aromatic carbocycles. The molecule has 0 saturated heterocycles. The highest BCUT2D eigenvalue weighted by Crippen LogP contribution is 2.24. The van der Waals surface area contributed by atoms with Crippen molar-refractivity contribution in [2.45, 2.75) is 11.8 Å². The van der Waals surface area contributed by atoms with E-state index in [1.54, 1.807) is 49.4 Å². The molecule has 6 nitrogen and oxygen atoms in total. The predicted molar refractivity (Wildman–Crippen MR) is 106 cm³/mol. The quantitative estimate of drug-likeness (QED) is 0.707. The van der Waals surface area contributed by atoms with E-state index in [1.165, 1.54) is 19.3 Å². The van der Waals surface area contributed by atoms with E-state index < -0.39 is 15.9 Å². The number of nitrogens with zero attached hydrogens (tertiary/aromatic N) is 2. The number of hydrogen-bond donors (Lipinski definition) is 1.